The van der Waals surface area contributed by atoms with Crippen molar-refractivity contribution in [2.45, 2.75) is 33.2 Å². The molecule has 0 spiro atoms. The van der Waals surface area contributed by atoms with E-state index in [1.807, 2.05) is 44.2 Å². The van der Waals surface area contributed by atoms with Crippen molar-refractivity contribution in [2.75, 3.05) is 0 Å². The van der Waals surface area contributed by atoms with E-state index in [4.69, 9.17) is 9.05 Å². The normalized spacial score (nSPS) is 11.0. The van der Waals surface area contributed by atoms with Crippen LogP contribution in [-0.4, -0.2) is 21.2 Å². The van der Waals surface area contributed by atoms with Gasteiger partial charge in [0.1, 0.15) is 5.56 Å². The van der Waals surface area contributed by atoms with E-state index < -0.39 is 0 Å². The minimum Gasteiger partial charge on any atom is -0.360 e. The van der Waals surface area contributed by atoms with E-state index in [9.17, 15) is 4.79 Å². The van der Waals surface area contributed by atoms with Gasteiger partial charge in [-0.05, 0) is 19.1 Å². The van der Waals surface area contributed by atoms with Crippen LogP contribution < -0.4 is 5.32 Å². The van der Waals surface area contributed by atoms with Crippen molar-refractivity contribution in [3.05, 3.63) is 53.2 Å². The Morgan fingerprint density at radius 3 is 2.62 bits per heavy atom. The Kier molecular flexibility index (Phi) is 4.41. The van der Waals surface area contributed by atoms with E-state index in [1.165, 1.54) is 0 Å². The largest absolute Gasteiger partial charge is 0.360 e. The van der Waals surface area contributed by atoms with Crippen molar-refractivity contribution in [1.82, 2.24) is 20.6 Å². The highest BCUT2D eigenvalue weighted by atomic mass is 16.5. The summed E-state index contributed by atoms with van der Waals surface area (Å²) in [7, 11) is 0. The van der Waals surface area contributed by atoms with Crippen molar-refractivity contribution < 1.29 is 13.8 Å². The molecule has 1 amide bonds. The summed E-state index contributed by atoms with van der Waals surface area (Å²) in [5.74, 6) is 1.21. The number of rotatable bonds is 5. The van der Waals surface area contributed by atoms with Gasteiger partial charge in [0.05, 0.1) is 12.2 Å². The van der Waals surface area contributed by atoms with Crippen LogP contribution in [0.1, 0.15) is 47.4 Å². The topological polar surface area (TPSA) is 94.1 Å². The zero-order valence-electron chi connectivity index (χ0n) is 13.7. The quantitative estimate of drug-likeness (QED) is 0.774. The van der Waals surface area contributed by atoms with Crippen molar-refractivity contribution in [1.29, 1.82) is 0 Å². The van der Waals surface area contributed by atoms with Crippen molar-refractivity contribution in [2.24, 2.45) is 0 Å². The molecule has 7 nitrogen and oxygen atoms in total. The van der Waals surface area contributed by atoms with E-state index in [1.54, 1.807) is 6.92 Å². The second-order valence-electron chi connectivity index (χ2n) is 5.73. The van der Waals surface area contributed by atoms with Gasteiger partial charge in [0.2, 0.25) is 0 Å². The zero-order chi connectivity index (χ0) is 17.1. The van der Waals surface area contributed by atoms with Crippen LogP contribution >= 0.6 is 0 Å². The number of carbonyl (C=O) groups is 1. The highest BCUT2D eigenvalue weighted by Crippen LogP contribution is 2.22. The smallest absolute Gasteiger partial charge is 0.257 e. The minimum absolute atomic E-state index is 0.0711. The molecule has 0 radical (unpaired) electrons. The molecular formula is C17H18N4O3. The first-order valence-corrected chi connectivity index (χ1v) is 7.68. The molecule has 2 heterocycles. The average Bonchev–Trinajstić information content (AvgIpc) is 3.20. The summed E-state index contributed by atoms with van der Waals surface area (Å²) in [6, 6.07) is 9.46. The molecule has 124 valence electrons. The average molecular weight is 326 g/mol. The molecule has 0 aliphatic rings. The van der Waals surface area contributed by atoms with E-state index in [-0.39, 0.29) is 18.4 Å². The van der Waals surface area contributed by atoms with E-state index >= 15 is 0 Å². The number of aromatic nitrogens is 3. The number of nitrogens with one attached hydrogen (secondary N) is 1. The van der Waals surface area contributed by atoms with Crippen LogP contribution in [0.3, 0.4) is 0 Å². The number of amides is 1. The molecule has 0 fully saturated rings. The summed E-state index contributed by atoms with van der Waals surface area (Å²) in [6.45, 7) is 5.80. The number of nitrogens with zero attached hydrogens (tertiary/aromatic N) is 3. The van der Waals surface area contributed by atoms with Crippen molar-refractivity contribution in [3.8, 4) is 11.5 Å². The van der Waals surface area contributed by atoms with Crippen LogP contribution in [0.5, 0.6) is 0 Å². The highest BCUT2D eigenvalue weighted by Gasteiger charge is 2.22. The Bertz CT molecular complexity index is 837. The lowest BCUT2D eigenvalue weighted by Gasteiger charge is -2.05. The predicted molar refractivity (Wildman–Crippen MR) is 86.2 cm³/mol. The van der Waals surface area contributed by atoms with Crippen LogP contribution in [0.2, 0.25) is 0 Å². The number of benzene rings is 1. The molecule has 24 heavy (non-hydrogen) atoms. The van der Waals surface area contributed by atoms with E-state index in [2.05, 4.69) is 20.6 Å². The molecule has 2 aromatic heterocycles. The fourth-order valence-corrected chi connectivity index (χ4v) is 2.33. The second kappa shape index (κ2) is 6.66. The van der Waals surface area contributed by atoms with Gasteiger partial charge in [-0.2, -0.15) is 4.98 Å². The maximum Gasteiger partial charge on any atom is 0.257 e. The predicted octanol–water partition coefficient (Wildman–Crippen LogP) is 3.09. The monoisotopic (exact) mass is 326 g/mol. The lowest BCUT2D eigenvalue weighted by Crippen LogP contribution is -2.25. The van der Waals surface area contributed by atoms with Crippen molar-refractivity contribution in [3.63, 3.8) is 0 Å². The standard InChI is InChI=1S/C17H18N4O3/c1-10(2)15-14(11(3)20-23-15)16(22)18-9-13-19-17(24-21-13)12-7-5-4-6-8-12/h4-8,10H,9H2,1-3H3,(H,18,22). The fraction of sp³-hybridized carbons (Fsp3) is 0.294. The summed E-state index contributed by atoms with van der Waals surface area (Å²) < 4.78 is 10.4. The lowest BCUT2D eigenvalue weighted by atomic mass is 10.0. The van der Waals surface area contributed by atoms with Gasteiger partial charge in [0.15, 0.2) is 11.6 Å². The van der Waals surface area contributed by atoms with Crippen LogP contribution in [0.15, 0.2) is 39.4 Å². The Morgan fingerprint density at radius 1 is 1.17 bits per heavy atom. The number of carbonyl (C=O) groups excluding carboxylic acids is 1. The first-order chi connectivity index (χ1) is 11.6. The Labute approximate surface area is 139 Å². The zero-order valence-corrected chi connectivity index (χ0v) is 13.7. The van der Waals surface area contributed by atoms with Gasteiger partial charge in [0.25, 0.3) is 11.8 Å². The van der Waals surface area contributed by atoms with E-state index in [0.717, 1.165) is 5.56 Å². The van der Waals surface area contributed by atoms with Gasteiger partial charge < -0.3 is 14.4 Å². The number of hydrogen-bond donors (Lipinski definition) is 1. The summed E-state index contributed by atoms with van der Waals surface area (Å²) in [6.07, 6.45) is 0. The molecule has 0 unspecified atom stereocenters. The maximum atomic E-state index is 12.4. The van der Waals surface area contributed by atoms with Gasteiger partial charge in [0, 0.05) is 11.5 Å². The van der Waals surface area contributed by atoms with Crippen LogP contribution in [0.4, 0.5) is 0 Å². The molecule has 0 atom stereocenters. The molecule has 1 aromatic carbocycles. The van der Waals surface area contributed by atoms with Crippen LogP contribution in [0.25, 0.3) is 11.5 Å². The third kappa shape index (κ3) is 3.19. The molecular weight excluding hydrogens is 308 g/mol. The molecule has 1 N–H and O–H groups in total. The Balaban J connectivity index is 1.70. The Morgan fingerprint density at radius 2 is 1.92 bits per heavy atom. The molecule has 0 aliphatic carbocycles. The SMILES string of the molecule is Cc1noc(C(C)C)c1C(=O)NCc1noc(-c2ccccc2)n1. The summed E-state index contributed by atoms with van der Waals surface area (Å²) >= 11 is 0. The van der Waals surface area contributed by atoms with Gasteiger partial charge in [-0.15, -0.1) is 0 Å². The molecule has 0 aliphatic heterocycles. The van der Waals surface area contributed by atoms with Gasteiger partial charge in [-0.1, -0.05) is 42.4 Å². The van der Waals surface area contributed by atoms with Crippen LogP contribution in [0, 0.1) is 6.92 Å². The van der Waals surface area contributed by atoms with Gasteiger partial charge in [-0.3, -0.25) is 4.79 Å². The summed E-state index contributed by atoms with van der Waals surface area (Å²) in [5.41, 5.74) is 1.87. The second-order valence-corrected chi connectivity index (χ2v) is 5.73. The first-order valence-electron chi connectivity index (χ1n) is 7.68. The minimum atomic E-state index is -0.261. The van der Waals surface area contributed by atoms with Gasteiger partial charge in [-0.25, -0.2) is 0 Å². The summed E-state index contributed by atoms with van der Waals surface area (Å²) in [5, 5.41) is 10.5. The third-order valence-electron chi connectivity index (χ3n) is 3.54. The summed E-state index contributed by atoms with van der Waals surface area (Å²) in [4.78, 5) is 16.7. The third-order valence-corrected chi connectivity index (χ3v) is 3.54. The van der Waals surface area contributed by atoms with E-state index in [0.29, 0.717) is 28.7 Å². The molecule has 0 bridgehead atoms. The van der Waals surface area contributed by atoms with Crippen LogP contribution in [-0.2, 0) is 6.54 Å². The fourth-order valence-electron chi connectivity index (χ4n) is 2.33. The number of hydrogen-bond acceptors (Lipinski definition) is 6. The highest BCUT2D eigenvalue weighted by molar-refractivity contribution is 5.96. The molecule has 0 saturated heterocycles. The van der Waals surface area contributed by atoms with Gasteiger partial charge >= 0.3 is 0 Å². The molecule has 7 heteroatoms. The first kappa shape index (κ1) is 15.9. The van der Waals surface area contributed by atoms with Crippen molar-refractivity contribution >= 4 is 5.91 Å². The lowest BCUT2D eigenvalue weighted by molar-refractivity contribution is 0.0946. The maximum absolute atomic E-state index is 12.4. The molecule has 0 saturated carbocycles. The molecule has 3 rings (SSSR count). The number of aryl methyl sites for hydroxylation is 1. The molecule has 3 aromatic rings. The Hall–Kier alpha value is -2.96.